The van der Waals surface area contributed by atoms with Crippen molar-refractivity contribution in [1.82, 2.24) is 10.0 Å². The molecule has 0 atom stereocenters. The Bertz CT molecular complexity index is 668. The standard InChI is InChI=1S/C15H22N2O4S/c1-4-5-9-16-14(18)17-22(19,20)12-8-6-7-11-10-15(2,3)21-13(11)12/h6-8H,4-5,9-10H2,1-3H3,(H2,16,17,18). The molecule has 1 aromatic carbocycles. The Morgan fingerprint density at radius 1 is 1.36 bits per heavy atom. The van der Waals surface area contributed by atoms with Crippen LogP contribution in [0.15, 0.2) is 23.1 Å². The molecule has 2 N–H and O–H groups in total. The zero-order valence-electron chi connectivity index (χ0n) is 13.1. The molecule has 0 radical (unpaired) electrons. The van der Waals surface area contributed by atoms with Crippen LogP contribution in [-0.2, 0) is 16.4 Å². The third-order valence-corrected chi connectivity index (χ3v) is 4.74. The van der Waals surface area contributed by atoms with Crippen LogP contribution in [0, 0.1) is 0 Å². The van der Waals surface area contributed by atoms with E-state index in [1.165, 1.54) is 6.07 Å². The first kappa shape index (κ1) is 16.6. The first-order valence-corrected chi connectivity index (χ1v) is 8.85. The van der Waals surface area contributed by atoms with Crippen LogP contribution < -0.4 is 14.8 Å². The largest absolute Gasteiger partial charge is 0.486 e. The highest BCUT2D eigenvalue weighted by Gasteiger charge is 2.35. The van der Waals surface area contributed by atoms with Gasteiger partial charge >= 0.3 is 6.03 Å². The van der Waals surface area contributed by atoms with Crippen LogP contribution in [-0.4, -0.2) is 26.6 Å². The van der Waals surface area contributed by atoms with Gasteiger partial charge in [-0.1, -0.05) is 25.5 Å². The van der Waals surface area contributed by atoms with E-state index in [-0.39, 0.29) is 4.90 Å². The van der Waals surface area contributed by atoms with Crippen molar-refractivity contribution in [2.45, 2.75) is 50.5 Å². The predicted octanol–water partition coefficient (Wildman–Crippen LogP) is 2.19. The third-order valence-electron chi connectivity index (χ3n) is 3.39. The van der Waals surface area contributed by atoms with Crippen LogP contribution in [0.5, 0.6) is 5.75 Å². The number of urea groups is 1. The summed E-state index contributed by atoms with van der Waals surface area (Å²) in [5.74, 6) is 0.335. The van der Waals surface area contributed by atoms with Crippen molar-refractivity contribution in [3.05, 3.63) is 23.8 Å². The number of para-hydroxylation sites is 1. The maximum atomic E-state index is 12.4. The van der Waals surface area contributed by atoms with Crippen molar-refractivity contribution in [3.8, 4) is 5.75 Å². The van der Waals surface area contributed by atoms with E-state index < -0.39 is 21.7 Å². The van der Waals surface area contributed by atoms with E-state index in [1.54, 1.807) is 6.07 Å². The lowest BCUT2D eigenvalue weighted by Gasteiger charge is -2.18. The second-order valence-corrected chi connectivity index (χ2v) is 7.65. The maximum Gasteiger partial charge on any atom is 0.328 e. The molecule has 7 heteroatoms. The number of rotatable bonds is 5. The van der Waals surface area contributed by atoms with Crippen molar-refractivity contribution in [3.63, 3.8) is 0 Å². The highest BCUT2D eigenvalue weighted by molar-refractivity contribution is 7.90. The van der Waals surface area contributed by atoms with Gasteiger partial charge in [-0.05, 0) is 31.9 Å². The van der Waals surface area contributed by atoms with E-state index in [9.17, 15) is 13.2 Å². The van der Waals surface area contributed by atoms with Gasteiger partial charge in [0, 0.05) is 13.0 Å². The van der Waals surface area contributed by atoms with Crippen LogP contribution in [0.3, 0.4) is 0 Å². The Labute approximate surface area is 131 Å². The summed E-state index contributed by atoms with van der Waals surface area (Å²) in [4.78, 5) is 11.7. The minimum atomic E-state index is -3.96. The topological polar surface area (TPSA) is 84.5 Å². The molecule has 6 nitrogen and oxygen atoms in total. The molecule has 122 valence electrons. The molecule has 0 bridgehead atoms. The van der Waals surface area contributed by atoms with Crippen LogP contribution in [0.2, 0.25) is 0 Å². The lowest BCUT2D eigenvalue weighted by molar-refractivity contribution is 0.135. The van der Waals surface area contributed by atoms with Crippen LogP contribution in [0.25, 0.3) is 0 Å². The quantitative estimate of drug-likeness (QED) is 0.812. The average molecular weight is 326 g/mol. The van der Waals surface area contributed by atoms with E-state index >= 15 is 0 Å². The fraction of sp³-hybridized carbons (Fsp3) is 0.533. The number of nitrogens with one attached hydrogen (secondary N) is 2. The Hall–Kier alpha value is -1.76. The van der Waals surface area contributed by atoms with Crippen molar-refractivity contribution in [2.75, 3.05) is 6.54 Å². The number of carbonyl (C=O) groups is 1. The Balaban J connectivity index is 2.18. The molecule has 0 spiro atoms. The normalized spacial score (nSPS) is 15.8. The SMILES string of the molecule is CCCCNC(=O)NS(=O)(=O)c1cccc2c1OC(C)(C)C2. The smallest absolute Gasteiger partial charge is 0.328 e. The lowest BCUT2D eigenvalue weighted by atomic mass is 10.0. The number of benzene rings is 1. The molecule has 0 unspecified atom stereocenters. The summed E-state index contributed by atoms with van der Waals surface area (Å²) in [5.41, 5.74) is 0.386. The summed E-state index contributed by atoms with van der Waals surface area (Å²) in [6.07, 6.45) is 2.35. The first-order chi connectivity index (χ1) is 10.2. The molecule has 1 aliphatic heterocycles. The zero-order valence-corrected chi connectivity index (χ0v) is 13.9. The molecular formula is C15H22N2O4S. The van der Waals surface area contributed by atoms with E-state index in [1.807, 2.05) is 31.6 Å². The number of ether oxygens (including phenoxy) is 1. The molecule has 0 saturated carbocycles. The van der Waals surface area contributed by atoms with Crippen LogP contribution >= 0.6 is 0 Å². The number of carbonyl (C=O) groups excluding carboxylic acids is 1. The number of sulfonamides is 1. The summed E-state index contributed by atoms with van der Waals surface area (Å²) in [5, 5.41) is 2.52. The zero-order chi connectivity index (χ0) is 16.4. The molecule has 1 aromatic rings. The molecular weight excluding hydrogens is 304 g/mol. The van der Waals surface area contributed by atoms with Crippen molar-refractivity contribution in [2.24, 2.45) is 0 Å². The fourth-order valence-electron chi connectivity index (χ4n) is 2.39. The average Bonchev–Trinajstić information content (AvgIpc) is 2.71. The molecule has 0 aromatic heterocycles. The van der Waals surface area contributed by atoms with Gasteiger partial charge in [0.2, 0.25) is 0 Å². The molecule has 0 fully saturated rings. The Morgan fingerprint density at radius 3 is 2.77 bits per heavy atom. The van der Waals surface area contributed by atoms with Gasteiger partial charge < -0.3 is 10.1 Å². The van der Waals surface area contributed by atoms with Crippen LogP contribution in [0.1, 0.15) is 39.2 Å². The minimum Gasteiger partial charge on any atom is -0.486 e. The molecule has 1 aliphatic rings. The van der Waals surface area contributed by atoms with Crippen molar-refractivity contribution in [1.29, 1.82) is 0 Å². The fourth-order valence-corrected chi connectivity index (χ4v) is 3.49. The number of hydrogen-bond donors (Lipinski definition) is 2. The molecule has 0 aliphatic carbocycles. The van der Waals surface area contributed by atoms with Crippen molar-refractivity contribution < 1.29 is 17.9 Å². The summed E-state index contributed by atoms with van der Waals surface area (Å²) >= 11 is 0. The van der Waals surface area contributed by atoms with E-state index in [0.29, 0.717) is 18.7 Å². The highest BCUT2D eigenvalue weighted by Crippen LogP contribution is 2.39. The number of hydrogen-bond acceptors (Lipinski definition) is 4. The molecule has 2 amide bonds. The number of unbranched alkanes of at least 4 members (excludes halogenated alkanes) is 1. The number of amides is 2. The highest BCUT2D eigenvalue weighted by atomic mass is 32.2. The predicted molar refractivity (Wildman–Crippen MR) is 83.5 cm³/mol. The van der Waals surface area contributed by atoms with Gasteiger partial charge in [0.05, 0.1) is 0 Å². The van der Waals surface area contributed by atoms with Gasteiger partial charge in [0.15, 0.2) is 0 Å². The van der Waals surface area contributed by atoms with Crippen LogP contribution in [0.4, 0.5) is 4.79 Å². The second kappa shape index (κ2) is 6.16. The minimum absolute atomic E-state index is 0.00113. The van der Waals surface area contributed by atoms with E-state index in [0.717, 1.165) is 18.4 Å². The van der Waals surface area contributed by atoms with Gasteiger partial charge in [-0.2, -0.15) is 0 Å². The van der Waals surface area contributed by atoms with E-state index in [4.69, 9.17) is 4.74 Å². The Morgan fingerprint density at radius 2 is 2.09 bits per heavy atom. The lowest BCUT2D eigenvalue weighted by Crippen LogP contribution is -2.39. The summed E-state index contributed by atoms with van der Waals surface area (Å²) in [6, 6.07) is 4.22. The van der Waals surface area contributed by atoms with E-state index in [2.05, 4.69) is 5.32 Å². The van der Waals surface area contributed by atoms with Gasteiger partial charge in [-0.3, -0.25) is 0 Å². The molecule has 1 heterocycles. The first-order valence-electron chi connectivity index (χ1n) is 7.37. The molecule has 22 heavy (non-hydrogen) atoms. The number of fused-ring (bicyclic) bond motifs is 1. The maximum absolute atomic E-state index is 12.4. The second-order valence-electron chi connectivity index (χ2n) is 6.00. The Kier molecular flexibility index (Phi) is 4.65. The third kappa shape index (κ3) is 3.71. The molecule has 2 rings (SSSR count). The van der Waals surface area contributed by atoms with Gasteiger partial charge in [-0.25, -0.2) is 17.9 Å². The van der Waals surface area contributed by atoms with Gasteiger partial charge in [-0.15, -0.1) is 0 Å². The monoisotopic (exact) mass is 326 g/mol. The van der Waals surface area contributed by atoms with Crippen molar-refractivity contribution >= 4 is 16.1 Å². The summed E-state index contributed by atoms with van der Waals surface area (Å²) in [6.45, 7) is 6.22. The van der Waals surface area contributed by atoms with Gasteiger partial charge in [0.1, 0.15) is 16.2 Å². The summed E-state index contributed by atoms with van der Waals surface area (Å²) in [7, 11) is -3.96. The summed E-state index contributed by atoms with van der Waals surface area (Å²) < 4.78 is 32.6. The molecule has 0 saturated heterocycles. The van der Waals surface area contributed by atoms with Gasteiger partial charge in [0.25, 0.3) is 10.0 Å².